The molecule has 0 N–H and O–H groups in total. The first-order chi connectivity index (χ1) is 2.89. The average Bonchev–Trinajstić information content (AvgIpc) is 1.86. The highest BCUT2D eigenvalue weighted by Crippen LogP contribution is 2.31. The molecule has 0 bridgehead atoms. The summed E-state index contributed by atoms with van der Waals surface area (Å²) in [4.78, 5) is 0. The Bertz CT molecular complexity index is 37.2. The van der Waals surface area contributed by atoms with Gasteiger partial charge >= 0.3 is 0 Å². The third kappa shape index (κ3) is 1.10. The molecular weight excluding hydrogens is 187 g/mol. The van der Waals surface area contributed by atoms with Crippen molar-refractivity contribution in [1.29, 1.82) is 0 Å². The molecule has 0 heterocycles. The molecular formula is C5H8I. The molecule has 35 valence electrons. The fraction of sp³-hybridized carbons (Fsp3) is 0.800. The Kier molecular flexibility index (Phi) is 1.74. The van der Waals surface area contributed by atoms with Crippen LogP contribution in [0.4, 0.5) is 0 Å². The van der Waals surface area contributed by atoms with E-state index in [0.717, 1.165) is 0 Å². The second kappa shape index (κ2) is 2.15. The van der Waals surface area contributed by atoms with Crippen molar-refractivity contribution in [2.24, 2.45) is 0 Å². The molecule has 1 aliphatic rings. The van der Waals surface area contributed by atoms with Crippen molar-refractivity contribution in [2.75, 3.05) is 0 Å². The molecule has 0 atom stereocenters. The first kappa shape index (κ1) is 4.88. The fourth-order valence-electron chi connectivity index (χ4n) is 0.759. The number of halogens is 1. The first-order valence-corrected chi connectivity index (χ1v) is 3.47. The highest BCUT2D eigenvalue weighted by Gasteiger charge is 2.09. The molecule has 1 heteroatoms. The van der Waals surface area contributed by atoms with Crippen LogP contribution in [0.15, 0.2) is 0 Å². The lowest BCUT2D eigenvalue weighted by Crippen LogP contribution is -1.67. The molecule has 1 fully saturated rings. The highest BCUT2D eigenvalue weighted by molar-refractivity contribution is 14.1. The summed E-state index contributed by atoms with van der Waals surface area (Å²) >= 11 is 2.45. The summed E-state index contributed by atoms with van der Waals surface area (Å²) < 4.78 is 1.67. The normalized spacial score (nSPS) is 25.5. The summed E-state index contributed by atoms with van der Waals surface area (Å²) in [6.07, 6.45) is 5.66. The van der Waals surface area contributed by atoms with Crippen LogP contribution in [0.3, 0.4) is 0 Å². The van der Waals surface area contributed by atoms with Gasteiger partial charge in [-0.05, 0) is 12.8 Å². The van der Waals surface area contributed by atoms with Gasteiger partial charge in [0.05, 0.1) is 0 Å². The zero-order chi connectivity index (χ0) is 4.41. The third-order valence-electron chi connectivity index (χ3n) is 1.15. The number of hydrogen-bond donors (Lipinski definition) is 0. The molecule has 0 saturated heterocycles. The largest absolute Gasteiger partial charge is 0.0774 e. The predicted octanol–water partition coefficient (Wildman–Crippen LogP) is 2.53. The second-order valence-corrected chi connectivity index (χ2v) is 3.25. The predicted molar refractivity (Wildman–Crippen MR) is 35.7 cm³/mol. The minimum Gasteiger partial charge on any atom is -0.0774 e. The standard InChI is InChI=1S/C5H8I/c6-5-3-1-2-4-5/h1-4H2. The van der Waals surface area contributed by atoms with E-state index in [4.69, 9.17) is 0 Å². The SMILES string of the molecule is I[C]1CCCC1. The maximum Gasteiger partial charge on any atom is 0.0367 e. The molecule has 6 heavy (non-hydrogen) atoms. The first-order valence-electron chi connectivity index (χ1n) is 2.40. The minimum absolute atomic E-state index is 1.39. The van der Waals surface area contributed by atoms with Gasteiger partial charge in [0.15, 0.2) is 0 Å². The zero-order valence-corrected chi connectivity index (χ0v) is 5.86. The van der Waals surface area contributed by atoms with Gasteiger partial charge in [-0.2, -0.15) is 0 Å². The second-order valence-electron chi connectivity index (χ2n) is 1.72. The maximum atomic E-state index is 2.45. The smallest absolute Gasteiger partial charge is 0.0367 e. The van der Waals surface area contributed by atoms with Gasteiger partial charge in [0.1, 0.15) is 0 Å². The van der Waals surface area contributed by atoms with E-state index in [2.05, 4.69) is 22.6 Å². The minimum atomic E-state index is 1.39. The molecule has 1 saturated carbocycles. The van der Waals surface area contributed by atoms with Crippen LogP contribution in [-0.4, -0.2) is 0 Å². The van der Waals surface area contributed by atoms with Crippen molar-refractivity contribution < 1.29 is 0 Å². The van der Waals surface area contributed by atoms with Gasteiger partial charge in [0.2, 0.25) is 0 Å². The molecule has 0 aliphatic heterocycles. The Labute approximate surface area is 52.5 Å². The van der Waals surface area contributed by atoms with Gasteiger partial charge in [-0.25, -0.2) is 0 Å². The van der Waals surface area contributed by atoms with Gasteiger partial charge in [-0.3, -0.25) is 0 Å². The summed E-state index contributed by atoms with van der Waals surface area (Å²) in [6.45, 7) is 0. The molecule has 1 rings (SSSR count). The van der Waals surface area contributed by atoms with Gasteiger partial charge in [0.25, 0.3) is 0 Å². The summed E-state index contributed by atoms with van der Waals surface area (Å²) in [5.41, 5.74) is 0. The Balaban J connectivity index is 2.18. The van der Waals surface area contributed by atoms with Gasteiger partial charge in [0, 0.05) is 3.92 Å². The molecule has 0 aromatic rings. The van der Waals surface area contributed by atoms with Crippen molar-refractivity contribution in [1.82, 2.24) is 0 Å². The van der Waals surface area contributed by atoms with Gasteiger partial charge < -0.3 is 0 Å². The third-order valence-corrected chi connectivity index (χ3v) is 2.22. The van der Waals surface area contributed by atoms with E-state index in [1.165, 1.54) is 25.7 Å². The van der Waals surface area contributed by atoms with E-state index in [-0.39, 0.29) is 0 Å². The van der Waals surface area contributed by atoms with Gasteiger partial charge in [-0.1, -0.05) is 35.4 Å². The van der Waals surface area contributed by atoms with Crippen molar-refractivity contribution in [3.63, 3.8) is 0 Å². The van der Waals surface area contributed by atoms with Crippen LogP contribution in [0.2, 0.25) is 0 Å². The van der Waals surface area contributed by atoms with Crippen molar-refractivity contribution >= 4 is 22.6 Å². The Morgan fingerprint density at radius 2 is 1.67 bits per heavy atom. The van der Waals surface area contributed by atoms with Crippen LogP contribution in [0.1, 0.15) is 25.7 Å². The van der Waals surface area contributed by atoms with E-state index in [1.807, 2.05) is 0 Å². The topological polar surface area (TPSA) is 0 Å². The van der Waals surface area contributed by atoms with E-state index in [1.54, 1.807) is 3.92 Å². The summed E-state index contributed by atoms with van der Waals surface area (Å²) in [5, 5.41) is 0. The Morgan fingerprint density at radius 1 is 1.17 bits per heavy atom. The Hall–Kier alpha value is 0.730. The van der Waals surface area contributed by atoms with Crippen molar-refractivity contribution in [3.05, 3.63) is 3.92 Å². The quantitative estimate of drug-likeness (QED) is 0.521. The molecule has 1 aliphatic carbocycles. The number of rotatable bonds is 0. The zero-order valence-electron chi connectivity index (χ0n) is 3.71. The summed E-state index contributed by atoms with van der Waals surface area (Å²) in [7, 11) is 0. The van der Waals surface area contributed by atoms with E-state index < -0.39 is 0 Å². The van der Waals surface area contributed by atoms with Crippen LogP contribution in [0.25, 0.3) is 0 Å². The van der Waals surface area contributed by atoms with Crippen LogP contribution in [-0.2, 0) is 0 Å². The van der Waals surface area contributed by atoms with E-state index >= 15 is 0 Å². The lowest BCUT2D eigenvalue weighted by atomic mass is 10.4. The molecule has 0 unspecified atom stereocenters. The van der Waals surface area contributed by atoms with Crippen LogP contribution < -0.4 is 0 Å². The number of hydrogen-bond acceptors (Lipinski definition) is 0. The van der Waals surface area contributed by atoms with Crippen LogP contribution >= 0.6 is 22.6 Å². The van der Waals surface area contributed by atoms with Crippen molar-refractivity contribution in [2.45, 2.75) is 25.7 Å². The van der Waals surface area contributed by atoms with E-state index in [0.29, 0.717) is 0 Å². The maximum absolute atomic E-state index is 2.45. The van der Waals surface area contributed by atoms with Crippen LogP contribution in [0, 0.1) is 3.92 Å². The Morgan fingerprint density at radius 3 is 1.83 bits per heavy atom. The highest BCUT2D eigenvalue weighted by atomic mass is 127. The molecule has 0 amide bonds. The van der Waals surface area contributed by atoms with Crippen molar-refractivity contribution in [3.8, 4) is 0 Å². The summed E-state index contributed by atoms with van der Waals surface area (Å²) in [5.74, 6) is 0. The molecule has 0 spiro atoms. The van der Waals surface area contributed by atoms with Gasteiger partial charge in [-0.15, -0.1) is 0 Å². The molecule has 0 nitrogen and oxygen atoms in total. The molecule has 1 radical (unpaired) electrons. The lowest BCUT2D eigenvalue weighted by Gasteiger charge is -1.87. The monoisotopic (exact) mass is 195 g/mol. The average molecular weight is 195 g/mol. The molecule has 0 aromatic heterocycles. The lowest BCUT2D eigenvalue weighted by molar-refractivity contribution is 0.886. The van der Waals surface area contributed by atoms with Crippen LogP contribution in [0.5, 0.6) is 0 Å². The fourth-order valence-corrected chi connectivity index (χ4v) is 1.52. The van der Waals surface area contributed by atoms with E-state index in [9.17, 15) is 0 Å². The summed E-state index contributed by atoms with van der Waals surface area (Å²) in [6, 6.07) is 0. The molecule has 0 aromatic carbocycles.